The third-order valence-corrected chi connectivity index (χ3v) is 2.95. The number of amides is 1. The average molecular weight is 311 g/mol. The Morgan fingerprint density at radius 1 is 1.17 bits per heavy atom. The highest BCUT2D eigenvalue weighted by molar-refractivity contribution is 6.04. The van der Waals surface area contributed by atoms with E-state index < -0.39 is 0 Å². The summed E-state index contributed by atoms with van der Waals surface area (Å²) >= 11 is 0. The Labute approximate surface area is 136 Å². The van der Waals surface area contributed by atoms with Gasteiger partial charge in [-0.2, -0.15) is 0 Å². The van der Waals surface area contributed by atoms with Crippen LogP contribution in [0.15, 0.2) is 61.2 Å². The summed E-state index contributed by atoms with van der Waals surface area (Å²) < 4.78 is 11.0. The second kappa shape index (κ2) is 8.03. The van der Waals surface area contributed by atoms with Gasteiger partial charge in [0.1, 0.15) is 18.1 Å². The number of anilines is 1. The Morgan fingerprint density at radius 3 is 2.57 bits per heavy atom. The van der Waals surface area contributed by atoms with Gasteiger partial charge in [-0.1, -0.05) is 18.7 Å². The number of rotatable bonds is 7. The summed E-state index contributed by atoms with van der Waals surface area (Å²) in [6.45, 7) is 7.95. The zero-order valence-electron chi connectivity index (χ0n) is 13.4. The van der Waals surface area contributed by atoms with Crippen molar-refractivity contribution in [2.75, 3.05) is 11.9 Å². The Balaban J connectivity index is 2.02. The van der Waals surface area contributed by atoms with E-state index in [0.717, 1.165) is 5.75 Å². The van der Waals surface area contributed by atoms with Gasteiger partial charge in [0.05, 0.1) is 6.10 Å². The zero-order valence-corrected chi connectivity index (χ0v) is 13.4. The van der Waals surface area contributed by atoms with Gasteiger partial charge in [0.2, 0.25) is 0 Å². The molecule has 4 heteroatoms. The normalized spacial score (nSPS) is 10.2. The van der Waals surface area contributed by atoms with Crippen LogP contribution in [0.5, 0.6) is 11.5 Å². The van der Waals surface area contributed by atoms with Gasteiger partial charge in [-0.3, -0.25) is 4.79 Å². The van der Waals surface area contributed by atoms with Crippen LogP contribution >= 0.6 is 0 Å². The molecule has 0 aliphatic carbocycles. The monoisotopic (exact) mass is 311 g/mol. The van der Waals surface area contributed by atoms with E-state index in [9.17, 15) is 4.79 Å². The third kappa shape index (κ3) is 5.18. The summed E-state index contributed by atoms with van der Waals surface area (Å²) in [5.74, 6) is 1.25. The molecular formula is C19H21NO3. The molecule has 2 aromatic rings. The molecule has 0 unspecified atom stereocenters. The van der Waals surface area contributed by atoms with Crippen LogP contribution in [-0.4, -0.2) is 18.6 Å². The molecule has 0 saturated carbocycles. The molecule has 1 N–H and O–H groups in total. The maximum absolute atomic E-state index is 12.3. The summed E-state index contributed by atoms with van der Waals surface area (Å²) in [7, 11) is 0. The fourth-order valence-corrected chi connectivity index (χ4v) is 1.98. The lowest BCUT2D eigenvalue weighted by Crippen LogP contribution is -2.12. The summed E-state index contributed by atoms with van der Waals surface area (Å²) in [6.07, 6.45) is 1.78. The van der Waals surface area contributed by atoms with Gasteiger partial charge in [-0.05, 0) is 50.2 Å². The molecule has 0 aliphatic heterocycles. The van der Waals surface area contributed by atoms with Crippen LogP contribution in [0.2, 0.25) is 0 Å². The van der Waals surface area contributed by atoms with E-state index >= 15 is 0 Å². The van der Waals surface area contributed by atoms with Gasteiger partial charge in [0.25, 0.3) is 5.91 Å². The maximum atomic E-state index is 12.3. The number of carbonyl (C=O) groups is 1. The van der Waals surface area contributed by atoms with Crippen molar-refractivity contribution in [2.45, 2.75) is 20.0 Å². The summed E-state index contributed by atoms with van der Waals surface area (Å²) in [5.41, 5.74) is 1.25. The van der Waals surface area contributed by atoms with Crippen LogP contribution in [0.25, 0.3) is 0 Å². The van der Waals surface area contributed by atoms with E-state index in [0.29, 0.717) is 23.6 Å². The van der Waals surface area contributed by atoms with Crippen LogP contribution < -0.4 is 14.8 Å². The molecule has 0 fully saturated rings. The van der Waals surface area contributed by atoms with E-state index in [1.165, 1.54) is 0 Å². The fourth-order valence-electron chi connectivity index (χ4n) is 1.98. The Kier molecular flexibility index (Phi) is 5.80. The second-order valence-electron chi connectivity index (χ2n) is 5.27. The van der Waals surface area contributed by atoms with Gasteiger partial charge in [0, 0.05) is 17.3 Å². The van der Waals surface area contributed by atoms with Crippen LogP contribution in [0.4, 0.5) is 5.69 Å². The SMILES string of the molecule is C=CCOc1cccc(NC(=O)c2ccc(OC(C)C)cc2)c1. The summed E-state index contributed by atoms with van der Waals surface area (Å²) in [5, 5.41) is 2.85. The average Bonchev–Trinajstić information content (AvgIpc) is 2.53. The molecule has 2 rings (SSSR count). The highest BCUT2D eigenvalue weighted by Gasteiger charge is 2.07. The van der Waals surface area contributed by atoms with Crippen molar-refractivity contribution in [1.82, 2.24) is 0 Å². The van der Waals surface area contributed by atoms with Crippen molar-refractivity contribution in [2.24, 2.45) is 0 Å². The molecular weight excluding hydrogens is 290 g/mol. The molecule has 0 bridgehead atoms. The molecule has 1 amide bonds. The van der Waals surface area contributed by atoms with E-state index in [1.807, 2.05) is 32.0 Å². The minimum Gasteiger partial charge on any atom is -0.491 e. The minimum absolute atomic E-state index is 0.105. The lowest BCUT2D eigenvalue weighted by Gasteiger charge is -2.11. The molecule has 0 atom stereocenters. The quantitative estimate of drug-likeness (QED) is 0.776. The molecule has 2 aromatic carbocycles. The van der Waals surface area contributed by atoms with E-state index in [2.05, 4.69) is 11.9 Å². The van der Waals surface area contributed by atoms with Crippen LogP contribution in [0, 0.1) is 0 Å². The third-order valence-electron chi connectivity index (χ3n) is 2.95. The lowest BCUT2D eigenvalue weighted by atomic mass is 10.2. The van der Waals surface area contributed by atoms with Gasteiger partial charge in [-0.15, -0.1) is 0 Å². The first-order chi connectivity index (χ1) is 11.1. The topological polar surface area (TPSA) is 47.6 Å². The Bertz CT molecular complexity index is 663. The first kappa shape index (κ1) is 16.6. The number of ether oxygens (including phenoxy) is 2. The molecule has 0 spiro atoms. The van der Waals surface area contributed by atoms with E-state index in [4.69, 9.17) is 9.47 Å². The molecule has 0 radical (unpaired) electrons. The van der Waals surface area contributed by atoms with Gasteiger partial charge in [0.15, 0.2) is 0 Å². The van der Waals surface area contributed by atoms with Crippen molar-refractivity contribution < 1.29 is 14.3 Å². The Morgan fingerprint density at radius 2 is 1.91 bits per heavy atom. The van der Waals surface area contributed by atoms with Crippen molar-refractivity contribution in [3.05, 3.63) is 66.7 Å². The summed E-state index contributed by atoms with van der Waals surface area (Å²) in [6, 6.07) is 14.3. The molecule has 0 saturated heterocycles. The first-order valence-corrected chi connectivity index (χ1v) is 7.50. The number of benzene rings is 2. The van der Waals surface area contributed by atoms with Crippen LogP contribution in [0.1, 0.15) is 24.2 Å². The molecule has 4 nitrogen and oxygen atoms in total. The highest BCUT2D eigenvalue weighted by Crippen LogP contribution is 2.19. The number of hydrogen-bond donors (Lipinski definition) is 1. The molecule has 0 heterocycles. The zero-order chi connectivity index (χ0) is 16.7. The van der Waals surface area contributed by atoms with Gasteiger partial charge < -0.3 is 14.8 Å². The smallest absolute Gasteiger partial charge is 0.255 e. The molecule has 120 valence electrons. The summed E-state index contributed by atoms with van der Waals surface area (Å²) in [4.78, 5) is 12.3. The van der Waals surface area contributed by atoms with Gasteiger partial charge >= 0.3 is 0 Å². The predicted octanol–water partition coefficient (Wildman–Crippen LogP) is 4.29. The second-order valence-corrected chi connectivity index (χ2v) is 5.27. The van der Waals surface area contributed by atoms with E-state index in [-0.39, 0.29) is 12.0 Å². The van der Waals surface area contributed by atoms with E-state index in [1.54, 1.807) is 36.4 Å². The minimum atomic E-state index is -0.179. The fraction of sp³-hybridized carbons (Fsp3) is 0.211. The van der Waals surface area contributed by atoms with Crippen molar-refractivity contribution in [3.8, 4) is 11.5 Å². The van der Waals surface area contributed by atoms with Crippen molar-refractivity contribution in [3.63, 3.8) is 0 Å². The number of nitrogens with one attached hydrogen (secondary N) is 1. The first-order valence-electron chi connectivity index (χ1n) is 7.50. The largest absolute Gasteiger partial charge is 0.491 e. The van der Waals surface area contributed by atoms with Crippen LogP contribution in [0.3, 0.4) is 0 Å². The maximum Gasteiger partial charge on any atom is 0.255 e. The predicted molar refractivity (Wildman–Crippen MR) is 92.3 cm³/mol. The number of hydrogen-bond acceptors (Lipinski definition) is 3. The highest BCUT2D eigenvalue weighted by atomic mass is 16.5. The molecule has 23 heavy (non-hydrogen) atoms. The number of carbonyl (C=O) groups excluding carboxylic acids is 1. The Hall–Kier alpha value is -2.75. The van der Waals surface area contributed by atoms with Crippen LogP contribution in [-0.2, 0) is 0 Å². The standard InChI is InChI=1S/C19H21NO3/c1-4-12-22-18-7-5-6-16(13-18)20-19(21)15-8-10-17(11-9-15)23-14(2)3/h4-11,13-14H,1,12H2,2-3H3,(H,20,21). The van der Waals surface area contributed by atoms with Crippen molar-refractivity contribution >= 4 is 11.6 Å². The lowest BCUT2D eigenvalue weighted by molar-refractivity contribution is 0.102. The molecule has 0 aliphatic rings. The van der Waals surface area contributed by atoms with Gasteiger partial charge in [-0.25, -0.2) is 0 Å². The molecule has 0 aromatic heterocycles. The van der Waals surface area contributed by atoms with Crippen molar-refractivity contribution in [1.29, 1.82) is 0 Å².